The monoisotopic (exact) mass is 677 g/mol. The lowest BCUT2D eigenvalue weighted by atomic mass is 9.65. The molecule has 2 aromatic rings. The number of ether oxygens (including phenoxy) is 2. The Hall–Kier alpha value is -2.72. The molecule has 0 saturated carbocycles. The number of amides is 2. The van der Waals surface area contributed by atoms with Gasteiger partial charge in [-0.15, -0.1) is 12.4 Å². The van der Waals surface area contributed by atoms with Gasteiger partial charge in [-0.25, -0.2) is 9.18 Å². The minimum Gasteiger partial charge on any atom is -0.457 e. The van der Waals surface area contributed by atoms with Gasteiger partial charge in [-0.2, -0.15) is 0 Å². The second kappa shape index (κ2) is 15.5. The molecule has 2 aromatic carbocycles. The number of halogens is 3. The first-order chi connectivity index (χ1) is 21.6. The van der Waals surface area contributed by atoms with Crippen LogP contribution in [-0.4, -0.2) is 86.2 Å². The average Bonchev–Trinajstić information content (AvgIpc) is 3.47. The van der Waals surface area contributed by atoms with Gasteiger partial charge >= 0.3 is 5.97 Å². The molecule has 0 spiro atoms. The minimum atomic E-state index is -0.732. The van der Waals surface area contributed by atoms with Crippen LogP contribution in [0.25, 0.3) is 0 Å². The number of fused-ring (bicyclic) bond motifs is 3. The maximum absolute atomic E-state index is 14.1. The van der Waals surface area contributed by atoms with Crippen molar-refractivity contribution in [3.05, 3.63) is 63.9 Å². The highest BCUT2D eigenvalue weighted by Crippen LogP contribution is 2.48. The first-order valence-corrected chi connectivity index (χ1v) is 16.5. The third-order valence-electron chi connectivity index (χ3n) is 9.72. The second-order valence-electron chi connectivity index (χ2n) is 13.1. The smallest absolute Gasteiger partial charge is 0.332 e. The molecule has 3 atom stereocenters. The molecule has 0 N–H and O–H groups in total. The number of carbonyl (C=O) groups excluding carboxylic acids is 3. The number of anilines is 1. The number of carbonyl (C=O) groups is 3. The second-order valence-corrected chi connectivity index (χ2v) is 13.5. The summed E-state index contributed by atoms with van der Waals surface area (Å²) in [5.41, 5.74) is 2.31. The normalized spacial score (nSPS) is 22.3. The van der Waals surface area contributed by atoms with E-state index in [1.807, 2.05) is 12.1 Å². The molecule has 1 fully saturated rings. The number of benzene rings is 2. The summed E-state index contributed by atoms with van der Waals surface area (Å²) in [4.78, 5) is 45.4. The van der Waals surface area contributed by atoms with Gasteiger partial charge in [-0.1, -0.05) is 37.6 Å². The molecule has 2 aliphatic heterocycles. The predicted molar refractivity (Wildman–Crippen MR) is 179 cm³/mol. The molecule has 1 saturated heterocycles. The quantitative estimate of drug-likeness (QED) is 0.195. The molecule has 1 aliphatic carbocycles. The molecular weight excluding hydrogens is 632 g/mol. The molecule has 0 aromatic heterocycles. The number of methoxy groups -OCH3 is 1. The zero-order valence-corrected chi connectivity index (χ0v) is 28.8. The number of aryl methyl sites for hydroxylation is 1. The van der Waals surface area contributed by atoms with E-state index in [0.29, 0.717) is 61.6 Å². The molecule has 5 rings (SSSR count). The fourth-order valence-corrected chi connectivity index (χ4v) is 7.95. The van der Waals surface area contributed by atoms with Crippen LogP contribution in [0.2, 0.25) is 5.02 Å². The van der Waals surface area contributed by atoms with Crippen LogP contribution in [0.3, 0.4) is 0 Å². The number of nitrogens with zero attached hydrogens (tertiary/aromatic N) is 3. The summed E-state index contributed by atoms with van der Waals surface area (Å²) in [7, 11) is 3.54. The predicted octanol–water partition coefficient (Wildman–Crippen LogP) is 6.27. The first kappa shape index (κ1) is 36.1. The van der Waals surface area contributed by atoms with E-state index >= 15 is 0 Å². The fourth-order valence-electron chi connectivity index (χ4n) is 7.70. The van der Waals surface area contributed by atoms with Gasteiger partial charge in [0.15, 0.2) is 0 Å². The van der Waals surface area contributed by atoms with E-state index < -0.39 is 17.6 Å². The maximum Gasteiger partial charge on any atom is 0.332 e. The van der Waals surface area contributed by atoms with Gasteiger partial charge in [-0.3, -0.25) is 9.59 Å². The third kappa shape index (κ3) is 7.38. The van der Waals surface area contributed by atoms with Gasteiger partial charge in [0.2, 0.25) is 5.91 Å². The number of unbranched alkanes of at least 4 members (excludes halogenated alkanes) is 1. The van der Waals surface area contributed by atoms with Crippen molar-refractivity contribution in [3.8, 4) is 0 Å². The Kier molecular flexibility index (Phi) is 12.1. The largest absolute Gasteiger partial charge is 0.457 e. The molecule has 46 heavy (non-hydrogen) atoms. The molecule has 252 valence electrons. The Bertz CT molecular complexity index is 1420. The van der Waals surface area contributed by atoms with Crippen LogP contribution in [-0.2, 0) is 25.5 Å². The van der Waals surface area contributed by atoms with Crippen LogP contribution in [0.1, 0.15) is 79.8 Å². The Balaban J connectivity index is 0.00000480. The van der Waals surface area contributed by atoms with E-state index in [1.165, 1.54) is 13.2 Å². The highest BCUT2D eigenvalue weighted by Gasteiger charge is 2.48. The summed E-state index contributed by atoms with van der Waals surface area (Å²) in [6.07, 6.45) is 4.96. The lowest BCUT2D eigenvalue weighted by Gasteiger charge is -2.47. The van der Waals surface area contributed by atoms with Crippen LogP contribution in [0.4, 0.5) is 10.1 Å². The molecule has 2 heterocycles. The SMILES string of the molecule is COCC(=O)O[C@]1(CCN(C)CCCCN2C(=O)[C@@H]3CCCN3C(=O)c3c(Cl)cccc32)CCc2cc(F)ccc2[C@@H]1C(C)C.Cl. The summed E-state index contributed by atoms with van der Waals surface area (Å²) in [5.74, 6) is -0.745. The van der Waals surface area contributed by atoms with Crippen LogP contribution in [0, 0.1) is 11.7 Å². The Labute approximate surface area is 282 Å². The maximum atomic E-state index is 14.1. The zero-order chi connectivity index (χ0) is 32.3. The summed E-state index contributed by atoms with van der Waals surface area (Å²) in [6, 6.07) is 9.83. The van der Waals surface area contributed by atoms with Gasteiger partial charge in [0.1, 0.15) is 24.1 Å². The number of esters is 1. The van der Waals surface area contributed by atoms with E-state index in [0.717, 1.165) is 36.9 Å². The highest BCUT2D eigenvalue weighted by atomic mass is 35.5. The Morgan fingerprint density at radius 1 is 1.17 bits per heavy atom. The lowest BCUT2D eigenvalue weighted by Crippen LogP contribution is -2.49. The topological polar surface area (TPSA) is 79.4 Å². The molecule has 8 nitrogen and oxygen atoms in total. The fraction of sp³-hybridized carbons (Fsp3) is 0.571. The van der Waals surface area contributed by atoms with Crippen molar-refractivity contribution in [1.29, 1.82) is 0 Å². The van der Waals surface area contributed by atoms with Gasteiger partial charge in [-0.05, 0) is 93.4 Å². The standard InChI is InChI=1S/C35H45ClFN3O5.ClH/c1-23(2)32-26-13-12-25(37)21-24(26)14-15-35(32,45-30(41)22-44-4)16-20-38(3)17-5-6-18-39-28-10-7-9-27(36)31(28)34(43)40-19-8-11-29(40)33(39)42;/h7,9-10,12-13,21,23,29,32H,5-6,8,11,14-20,22H2,1-4H3;1H/t29-,32-,35-;/m0./s1. The van der Waals surface area contributed by atoms with E-state index in [9.17, 15) is 18.8 Å². The van der Waals surface area contributed by atoms with Crippen molar-refractivity contribution >= 4 is 47.5 Å². The first-order valence-electron chi connectivity index (χ1n) is 16.1. The molecular formula is C35H46Cl2FN3O5. The van der Waals surface area contributed by atoms with Crippen LogP contribution < -0.4 is 4.90 Å². The van der Waals surface area contributed by atoms with E-state index in [4.69, 9.17) is 21.1 Å². The number of rotatable bonds is 12. The van der Waals surface area contributed by atoms with Crippen LogP contribution >= 0.6 is 24.0 Å². The number of hydrogen-bond donors (Lipinski definition) is 0. The third-order valence-corrected chi connectivity index (χ3v) is 10.0. The number of hydrogen-bond acceptors (Lipinski definition) is 6. The Morgan fingerprint density at radius 3 is 2.70 bits per heavy atom. The molecule has 11 heteroatoms. The minimum absolute atomic E-state index is 0. The molecule has 0 bridgehead atoms. The van der Waals surface area contributed by atoms with Gasteiger partial charge in [0.25, 0.3) is 5.91 Å². The average molecular weight is 679 g/mol. The van der Waals surface area contributed by atoms with Crippen LogP contribution in [0.5, 0.6) is 0 Å². The molecule has 3 aliphatic rings. The highest BCUT2D eigenvalue weighted by molar-refractivity contribution is 6.35. The van der Waals surface area contributed by atoms with E-state index in [2.05, 4.69) is 25.8 Å². The molecule has 0 unspecified atom stereocenters. The zero-order valence-electron chi connectivity index (χ0n) is 27.2. The lowest BCUT2D eigenvalue weighted by molar-refractivity contribution is -0.172. The Morgan fingerprint density at radius 2 is 1.96 bits per heavy atom. The van der Waals surface area contributed by atoms with Crippen molar-refractivity contribution in [2.24, 2.45) is 5.92 Å². The van der Waals surface area contributed by atoms with E-state index in [-0.39, 0.29) is 48.5 Å². The summed E-state index contributed by atoms with van der Waals surface area (Å²) in [5, 5.41) is 0.373. The molecule has 0 radical (unpaired) electrons. The van der Waals surface area contributed by atoms with Gasteiger partial charge in [0, 0.05) is 39.1 Å². The van der Waals surface area contributed by atoms with Crippen molar-refractivity contribution in [2.75, 3.05) is 51.8 Å². The van der Waals surface area contributed by atoms with Crippen molar-refractivity contribution < 1.29 is 28.2 Å². The van der Waals surface area contributed by atoms with Crippen molar-refractivity contribution in [3.63, 3.8) is 0 Å². The van der Waals surface area contributed by atoms with Gasteiger partial charge < -0.3 is 24.2 Å². The van der Waals surface area contributed by atoms with E-state index in [1.54, 1.807) is 28.0 Å². The molecule has 2 amide bonds. The van der Waals surface area contributed by atoms with Crippen molar-refractivity contribution in [2.45, 2.75) is 76.4 Å². The summed E-state index contributed by atoms with van der Waals surface area (Å²) in [6.45, 7) is 6.69. The van der Waals surface area contributed by atoms with Crippen molar-refractivity contribution in [1.82, 2.24) is 9.80 Å². The summed E-state index contributed by atoms with van der Waals surface area (Å²) >= 11 is 6.49. The van der Waals surface area contributed by atoms with Crippen LogP contribution in [0.15, 0.2) is 36.4 Å². The van der Waals surface area contributed by atoms with Gasteiger partial charge in [0.05, 0.1) is 16.3 Å². The summed E-state index contributed by atoms with van der Waals surface area (Å²) < 4.78 is 25.5.